The van der Waals surface area contributed by atoms with Gasteiger partial charge in [-0.25, -0.2) is 4.39 Å². The number of ether oxygens (including phenoxy) is 2. The lowest BCUT2D eigenvalue weighted by Crippen LogP contribution is -2.43. The van der Waals surface area contributed by atoms with E-state index in [1.165, 1.54) is 18.2 Å². The lowest BCUT2D eigenvalue weighted by Gasteiger charge is -2.33. The molecule has 0 amide bonds. The molecule has 146 valence electrons. The summed E-state index contributed by atoms with van der Waals surface area (Å²) in [6.07, 6.45) is -4.82. The molecule has 0 bridgehead atoms. The van der Waals surface area contributed by atoms with Gasteiger partial charge in [0.25, 0.3) is 0 Å². The van der Waals surface area contributed by atoms with Gasteiger partial charge < -0.3 is 14.8 Å². The van der Waals surface area contributed by atoms with Gasteiger partial charge in [0.1, 0.15) is 5.82 Å². The predicted octanol–water partition coefficient (Wildman–Crippen LogP) is 4.74. The van der Waals surface area contributed by atoms with Gasteiger partial charge in [0.15, 0.2) is 6.29 Å². The molecule has 3 nitrogen and oxygen atoms in total. The molecule has 0 saturated carbocycles. The van der Waals surface area contributed by atoms with Crippen molar-refractivity contribution in [2.75, 3.05) is 19.8 Å². The highest BCUT2D eigenvalue weighted by atomic mass is 35.5. The van der Waals surface area contributed by atoms with Crippen LogP contribution in [-0.4, -0.2) is 26.0 Å². The third kappa shape index (κ3) is 5.42. The average Bonchev–Trinajstić information content (AvgIpc) is 2.62. The molecule has 1 N–H and O–H groups in total. The normalized spacial score (nSPS) is 20.6. The van der Waals surface area contributed by atoms with Crippen LogP contribution < -0.4 is 5.32 Å². The molecule has 1 fully saturated rings. The Bertz CT molecular complexity index is 767. The Morgan fingerprint density at radius 2 is 1.89 bits per heavy atom. The van der Waals surface area contributed by atoms with Gasteiger partial charge in [-0.1, -0.05) is 23.7 Å². The van der Waals surface area contributed by atoms with Crippen molar-refractivity contribution in [1.82, 2.24) is 5.32 Å². The summed E-state index contributed by atoms with van der Waals surface area (Å²) in [7, 11) is 0. The maximum Gasteiger partial charge on any atom is 0.416 e. The molecule has 1 aliphatic heterocycles. The first-order valence-electron chi connectivity index (χ1n) is 8.41. The molecule has 2 aromatic rings. The van der Waals surface area contributed by atoms with Crippen molar-refractivity contribution >= 4 is 11.6 Å². The van der Waals surface area contributed by atoms with Gasteiger partial charge in [-0.2, -0.15) is 13.2 Å². The van der Waals surface area contributed by atoms with Gasteiger partial charge in [-0.05, 0) is 47.9 Å². The largest absolute Gasteiger partial charge is 0.416 e. The number of hydrogen-bond donors (Lipinski definition) is 1. The van der Waals surface area contributed by atoms with Gasteiger partial charge in [0, 0.05) is 11.6 Å². The Hall–Kier alpha value is -1.67. The van der Waals surface area contributed by atoms with Gasteiger partial charge in [0.2, 0.25) is 0 Å². The van der Waals surface area contributed by atoms with Crippen LogP contribution in [0.5, 0.6) is 0 Å². The van der Waals surface area contributed by atoms with Crippen LogP contribution in [0.4, 0.5) is 17.6 Å². The van der Waals surface area contributed by atoms with Gasteiger partial charge in [-0.15, -0.1) is 0 Å². The van der Waals surface area contributed by atoms with Gasteiger partial charge in [-0.3, -0.25) is 0 Å². The van der Waals surface area contributed by atoms with Crippen molar-refractivity contribution in [1.29, 1.82) is 0 Å². The van der Waals surface area contributed by atoms with Crippen molar-refractivity contribution in [3.63, 3.8) is 0 Å². The van der Waals surface area contributed by atoms with E-state index in [0.29, 0.717) is 18.7 Å². The maximum absolute atomic E-state index is 13.1. The minimum absolute atomic E-state index is 0.0274. The molecular weight excluding hydrogens is 386 g/mol. The Balaban J connectivity index is 1.63. The highest BCUT2D eigenvalue weighted by molar-refractivity contribution is 6.30. The second-order valence-electron chi connectivity index (χ2n) is 6.19. The van der Waals surface area contributed by atoms with Crippen LogP contribution in [0.3, 0.4) is 0 Å². The lowest BCUT2D eigenvalue weighted by atomic mass is 10.1. The van der Waals surface area contributed by atoms with Gasteiger partial charge >= 0.3 is 6.18 Å². The summed E-state index contributed by atoms with van der Waals surface area (Å²) < 4.78 is 63.1. The van der Waals surface area contributed by atoms with E-state index in [9.17, 15) is 17.6 Å². The van der Waals surface area contributed by atoms with E-state index in [2.05, 4.69) is 5.32 Å². The summed E-state index contributed by atoms with van der Waals surface area (Å²) in [4.78, 5) is 0. The van der Waals surface area contributed by atoms with E-state index in [1.54, 1.807) is 12.1 Å². The van der Waals surface area contributed by atoms with E-state index < -0.39 is 18.0 Å². The predicted molar refractivity (Wildman–Crippen MR) is 93.0 cm³/mol. The first-order chi connectivity index (χ1) is 12.8. The minimum atomic E-state index is -4.45. The Morgan fingerprint density at radius 3 is 2.59 bits per heavy atom. The molecule has 1 aliphatic rings. The van der Waals surface area contributed by atoms with Crippen LogP contribution in [0, 0.1) is 5.82 Å². The smallest absolute Gasteiger partial charge is 0.350 e. The monoisotopic (exact) mass is 403 g/mol. The Morgan fingerprint density at radius 1 is 1.15 bits per heavy atom. The van der Waals surface area contributed by atoms with Crippen molar-refractivity contribution in [3.05, 3.63) is 70.0 Å². The fourth-order valence-corrected chi connectivity index (χ4v) is 3.18. The number of nitrogens with one attached hydrogen (secondary N) is 1. The second kappa shape index (κ2) is 8.56. The van der Waals surface area contributed by atoms with Gasteiger partial charge in [0.05, 0.1) is 24.8 Å². The molecule has 0 unspecified atom stereocenters. The minimum Gasteiger partial charge on any atom is -0.350 e. The van der Waals surface area contributed by atoms with Crippen molar-refractivity contribution < 1.29 is 27.0 Å². The number of morpholine rings is 1. The number of rotatable bonds is 5. The zero-order chi connectivity index (χ0) is 19.4. The summed E-state index contributed by atoms with van der Waals surface area (Å²) >= 11 is 5.79. The molecule has 2 atom stereocenters. The fraction of sp³-hybridized carbons (Fsp3) is 0.368. The average molecular weight is 404 g/mol. The van der Waals surface area contributed by atoms with E-state index in [4.69, 9.17) is 21.1 Å². The molecular formula is C19H18ClF4NO2. The zero-order valence-electron chi connectivity index (χ0n) is 14.2. The van der Waals surface area contributed by atoms with Crippen LogP contribution in [0.1, 0.15) is 22.7 Å². The maximum atomic E-state index is 13.1. The Kier molecular flexibility index (Phi) is 6.37. The van der Waals surface area contributed by atoms with Crippen molar-refractivity contribution in [2.24, 2.45) is 0 Å². The van der Waals surface area contributed by atoms with Crippen LogP contribution >= 0.6 is 11.6 Å². The summed E-state index contributed by atoms with van der Waals surface area (Å²) in [6.45, 7) is 1.21. The molecule has 1 heterocycles. The summed E-state index contributed by atoms with van der Waals surface area (Å²) in [5.74, 6) is -0.339. The summed E-state index contributed by atoms with van der Waals surface area (Å²) in [5, 5.41) is 3.28. The van der Waals surface area contributed by atoms with E-state index in [0.717, 1.165) is 17.7 Å². The standard InChI is InChI=1S/C19H18ClF4NO2/c20-15-10-12(9-14(11-15)19(22,23)24)5-7-26-18-17(25-6-8-27-18)13-1-3-16(21)4-2-13/h1-4,9-11,17-18,25H,5-8H2/t17-,18+/m0/s1. The van der Waals surface area contributed by atoms with E-state index in [-0.39, 0.29) is 29.9 Å². The summed E-state index contributed by atoms with van der Waals surface area (Å²) in [6, 6.07) is 9.15. The number of halogens is 5. The lowest BCUT2D eigenvalue weighted by molar-refractivity contribution is -0.176. The molecule has 8 heteroatoms. The molecule has 1 saturated heterocycles. The first-order valence-corrected chi connectivity index (χ1v) is 8.79. The third-order valence-electron chi connectivity index (χ3n) is 4.21. The van der Waals surface area contributed by atoms with Crippen LogP contribution in [0.15, 0.2) is 42.5 Å². The molecule has 0 aromatic heterocycles. The van der Waals surface area contributed by atoms with E-state index in [1.807, 2.05) is 0 Å². The fourth-order valence-electron chi connectivity index (χ4n) is 2.92. The molecule has 0 aliphatic carbocycles. The highest BCUT2D eigenvalue weighted by Gasteiger charge is 2.31. The van der Waals surface area contributed by atoms with Crippen molar-refractivity contribution in [3.8, 4) is 0 Å². The molecule has 27 heavy (non-hydrogen) atoms. The summed E-state index contributed by atoms with van der Waals surface area (Å²) in [5.41, 5.74) is 0.449. The highest BCUT2D eigenvalue weighted by Crippen LogP contribution is 2.32. The van der Waals surface area contributed by atoms with Crippen LogP contribution in [0.25, 0.3) is 0 Å². The zero-order valence-corrected chi connectivity index (χ0v) is 15.0. The number of benzene rings is 2. The van der Waals surface area contributed by atoms with Crippen molar-refractivity contribution in [2.45, 2.75) is 24.9 Å². The van der Waals surface area contributed by atoms with E-state index >= 15 is 0 Å². The third-order valence-corrected chi connectivity index (χ3v) is 4.43. The number of hydrogen-bond acceptors (Lipinski definition) is 3. The second-order valence-corrected chi connectivity index (χ2v) is 6.63. The molecule has 0 spiro atoms. The number of alkyl halides is 3. The Labute approximate surface area is 159 Å². The quantitative estimate of drug-likeness (QED) is 0.731. The molecule has 0 radical (unpaired) electrons. The molecule has 2 aromatic carbocycles. The van der Waals surface area contributed by atoms with Crippen LogP contribution in [0.2, 0.25) is 5.02 Å². The van der Waals surface area contributed by atoms with Crippen LogP contribution in [-0.2, 0) is 22.1 Å². The topological polar surface area (TPSA) is 30.5 Å². The molecule has 3 rings (SSSR count). The SMILES string of the molecule is Fc1ccc([C@@H]2NCCO[C@H]2OCCc2cc(Cl)cc(C(F)(F)F)c2)cc1. The first kappa shape index (κ1) is 20.1.